The van der Waals surface area contributed by atoms with E-state index in [9.17, 15) is 32.6 Å². The molecule has 3 aromatic rings. The number of pyridine rings is 1. The number of piperidine rings is 1. The number of aliphatic carboxylic acids is 1. The lowest BCUT2D eigenvalue weighted by Crippen LogP contribution is -2.41. The van der Waals surface area contributed by atoms with Crippen LogP contribution in [0.1, 0.15) is 61.3 Å². The second-order valence-electron chi connectivity index (χ2n) is 10.6. The number of aromatic nitrogens is 1. The second kappa shape index (κ2) is 13.0. The Balaban J connectivity index is 1.41. The quantitative estimate of drug-likeness (QED) is 0.258. The van der Waals surface area contributed by atoms with Crippen molar-refractivity contribution in [2.24, 2.45) is 5.41 Å². The van der Waals surface area contributed by atoms with Crippen LogP contribution in [-0.4, -0.2) is 52.8 Å². The van der Waals surface area contributed by atoms with Crippen LogP contribution in [0, 0.1) is 22.9 Å². The number of carbonyl (C=O) groups is 1. The third-order valence-electron chi connectivity index (χ3n) is 8.07. The van der Waals surface area contributed by atoms with Gasteiger partial charge < -0.3 is 19.8 Å². The van der Waals surface area contributed by atoms with Crippen LogP contribution >= 0.6 is 0 Å². The predicted octanol–water partition coefficient (Wildman–Crippen LogP) is 6.13. The van der Waals surface area contributed by atoms with E-state index in [2.05, 4.69) is 9.88 Å². The summed E-state index contributed by atoms with van der Waals surface area (Å²) >= 11 is 0. The molecule has 0 aliphatic carbocycles. The van der Waals surface area contributed by atoms with Gasteiger partial charge >= 0.3 is 5.97 Å². The molecule has 216 valence electrons. The summed E-state index contributed by atoms with van der Waals surface area (Å²) < 4.78 is 60.2. The number of benzene rings is 2. The number of carboxylic acid groups (broad SMARTS) is 1. The average molecular weight is 563 g/mol. The Labute approximate surface area is 230 Å². The molecule has 1 aromatic heterocycles. The van der Waals surface area contributed by atoms with Gasteiger partial charge in [-0.15, -0.1) is 0 Å². The second-order valence-corrected chi connectivity index (χ2v) is 10.6. The van der Waals surface area contributed by atoms with Gasteiger partial charge in [0.25, 0.3) is 0 Å². The first kappa shape index (κ1) is 29.7. The Morgan fingerprint density at radius 2 is 1.85 bits per heavy atom. The number of fused-ring (bicyclic) bond motifs is 1. The molecular formula is C30H34F4N2O4. The SMILES string of the molecule is COc1ccc2ncc(CF)c([C@H](O)CCC3(CC(=O)O)CCN(CCCc4c(F)cc(F)cc4F)CC3)c2c1. The average Bonchev–Trinajstić information content (AvgIpc) is 2.92. The maximum absolute atomic E-state index is 13.9. The first-order chi connectivity index (χ1) is 19.1. The molecule has 1 atom stereocenters. The number of rotatable bonds is 12. The van der Waals surface area contributed by atoms with Crippen molar-refractivity contribution in [1.82, 2.24) is 9.88 Å². The highest BCUT2D eigenvalue weighted by molar-refractivity contribution is 5.85. The van der Waals surface area contributed by atoms with Gasteiger partial charge in [-0.05, 0) is 87.3 Å². The van der Waals surface area contributed by atoms with Crippen molar-refractivity contribution in [2.75, 3.05) is 26.7 Å². The third-order valence-corrected chi connectivity index (χ3v) is 8.07. The first-order valence-corrected chi connectivity index (χ1v) is 13.4. The van der Waals surface area contributed by atoms with Crippen LogP contribution in [0.25, 0.3) is 10.9 Å². The number of carboxylic acids is 1. The molecule has 10 heteroatoms. The fourth-order valence-corrected chi connectivity index (χ4v) is 5.82. The molecule has 0 unspecified atom stereocenters. The van der Waals surface area contributed by atoms with Crippen molar-refractivity contribution in [3.8, 4) is 5.75 Å². The lowest BCUT2D eigenvalue weighted by Gasteiger charge is -2.41. The number of aliphatic hydroxyl groups excluding tert-OH is 1. The summed E-state index contributed by atoms with van der Waals surface area (Å²) in [6, 6.07) is 6.55. The first-order valence-electron chi connectivity index (χ1n) is 13.4. The number of alkyl halides is 1. The summed E-state index contributed by atoms with van der Waals surface area (Å²) in [6.45, 7) is 0.964. The summed E-state index contributed by atoms with van der Waals surface area (Å²) in [4.78, 5) is 18.2. The van der Waals surface area contributed by atoms with E-state index in [-0.39, 0.29) is 30.4 Å². The van der Waals surface area contributed by atoms with Crippen LogP contribution in [0.15, 0.2) is 36.5 Å². The van der Waals surface area contributed by atoms with E-state index >= 15 is 0 Å². The van der Waals surface area contributed by atoms with Crippen LogP contribution < -0.4 is 4.74 Å². The Bertz CT molecular complexity index is 1320. The van der Waals surface area contributed by atoms with Crippen molar-refractivity contribution in [1.29, 1.82) is 0 Å². The zero-order valence-corrected chi connectivity index (χ0v) is 22.4. The molecule has 2 N–H and O–H groups in total. The molecule has 0 saturated carbocycles. The zero-order valence-electron chi connectivity index (χ0n) is 22.4. The highest BCUT2D eigenvalue weighted by Crippen LogP contribution is 2.42. The summed E-state index contributed by atoms with van der Waals surface area (Å²) in [5.41, 5.74) is 0.635. The topological polar surface area (TPSA) is 82.9 Å². The lowest BCUT2D eigenvalue weighted by molar-refractivity contribution is -0.141. The molecule has 0 radical (unpaired) electrons. The Morgan fingerprint density at radius 3 is 2.48 bits per heavy atom. The van der Waals surface area contributed by atoms with Crippen LogP contribution in [0.3, 0.4) is 0 Å². The Hall–Kier alpha value is -3.24. The van der Waals surface area contributed by atoms with Gasteiger partial charge in [-0.3, -0.25) is 9.78 Å². The predicted molar refractivity (Wildman–Crippen MR) is 142 cm³/mol. The number of nitrogens with zero attached hydrogens (tertiary/aromatic N) is 2. The molecule has 1 aliphatic heterocycles. The monoisotopic (exact) mass is 562 g/mol. The fourth-order valence-electron chi connectivity index (χ4n) is 5.82. The van der Waals surface area contributed by atoms with Crippen molar-refractivity contribution in [2.45, 2.75) is 57.7 Å². The minimum Gasteiger partial charge on any atom is -0.497 e. The normalized spacial score (nSPS) is 16.2. The number of hydrogen-bond acceptors (Lipinski definition) is 5. The van der Waals surface area contributed by atoms with E-state index < -0.39 is 41.6 Å². The minimum atomic E-state index is -1.02. The summed E-state index contributed by atoms with van der Waals surface area (Å²) in [5.74, 6) is -3.11. The Kier molecular flexibility index (Phi) is 9.63. The van der Waals surface area contributed by atoms with E-state index in [1.165, 1.54) is 13.3 Å². The maximum Gasteiger partial charge on any atom is 0.303 e. The van der Waals surface area contributed by atoms with Crippen molar-refractivity contribution in [3.63, 3.8) is 0 Å². The zero-order chi connectivity index (χ0) is 28.9. The van der Waals surface area contributed by atoms with Gasteiger partial charge in [0.2, 0.25) is 0 Å². The van der Waals surface area contributed by atoms with Crippen molar-refractivity contribution >= 4 is 16.9 Å². The van der Waals surface area contributed by atoms with Gasteiger partial charge in [-0.1, -0.05) is 0 Å². The van der Waals surface area contributed by atoms with Crippen LogP contribution in [0.4, 0.5) is 17.6 Å². The van der Waals surface area contributed by atoms with Gasteiger partial charge in [-0.2, -0.15) is 0 Å². The smallest absolute Gasteiger partial charge is 0.303 e. The van der Waals surface area contributed by atoms with Crippen LogP contribution in [0.5, 0.6) is 5.75 Å². The molecule has 40 heavy (non-hydrogen) atoms. The largest absolute Gasteiger partial charge is 0.497 e. The van der Waals surface area contributed by atoms with E-state index in [0.29, 0.717) is 79.7 Å². The van der Waals surface area contributed by atoms with Gasteiger partial charge in [-0.25, -0.2) is 17.6 Å². The molecule has 0 spiro atoms. The van der Waals surface area contributed by atoms with Crippen LogP contribution in [-0.2, 0) is 17.9 Å². The number of aliphatic hydroxyl groups is 1. The van der Waals surface area contributed by atoms with Gasteiger partial charge in [0, 0.05) is 34.8 Å². The molecule has 4 rings (SSSR count). The van der Waals surface area contributed by atoms with E-state index in [1.54, 1.807) is 18.2 Å². The number of halogens is 4. The van der Waals surface area contributed by atoms with Crippen molar-refractivity contribution < 1.29 is 37.3 Å². The standard InChI is InChI=1S/C30H34F4N2O4/c1-40-21-4-5-26-23(15-21)29(19(17-31)18-35-26)27(37)6-7-30(16-28(38)39)8-11-36(12-9-30)10-2-3-22-24(33)13-20(32)14-25(22)34/h4-5,13-15,18,27,37H,2-3,6-12,16-17H2,1H3,(H,38,39)/t27-/m1/s1. The summed E-state index contributed by atoms with van der Waals surface area (Å²) in [5, 5.41) is 21.5. The third kappa shape index (κ3) is 6.90. The minimum absolute atomic E-state index is 0.0551. The summed E-state index contributed by atoms with van der Waals surface area (Å²) in [7, 11) is 1.52. The molecule has 6 nitrogen and oxygen atoms in total. The number of hydrogen-bond donors (Lipinski definition) is 2. The van der Waals surface area contributed by atoms with E-state index in [1.807, 2.05) is 0 Å². The molecule has 2 heterocycles. The highest BCUT2D eigenvalue weighted by Gasteiger charge is 2.37. The fraction of sp³-hybridized carbons (Fsp3) is 0.467. The molecule has 0 amide bonds. The molecule has 1 saturated heterocycles. The number of likely N-dealkylation sites (tertiary alicyclic amines) is 1. The molecule has 2 aromatic carbocycles. The van der Waals surface area contributed by atoms with Gasteiger partial charge in [0.05, 0.1) is 25.2 Å². The molecule has 0 bridgehead atoms. The number of ether oxygens (including phenoxy) is 1. The Morgan fingerprint density at radius 1 is 1.15 bits per heavy atom. The summed E-state index contributed by atoms with van der Waals surface area (Å²) in [6.07, 6.45) is 2.77. The van der Waals surface area contributed by atoms with Crippen molar-refractivity contribution in [3.05, 3.63) is 70.7 Å². The molecular weight excluding hydrogens is 528 g/mol. The van der Waals surface area contributed by atoms with E-state index in [0.717, 1.165) is 0 Å². The molecule has 1 aliphatic rings. The molecule has 1 fully saturated rings. The van der Waals surface area contributed by atoms with Gasteiger partial charge in [0.15, 0.2) is 0 Å². The van der Waals surface area contributed by atoms with Gasteiger partial charge in [0.1, 0.15) is 29.9 Å². The van der Waals surface area contributed by atoms with Crippen LogP contribution in [0.2, 0.25) is 0 Å². The maximum atomic E-state index is 13.9. The lowest BCUT2D eigenvalue weighted by atomic mass is 9.71. The number of methoxy groups -OCH3 is 1. The van der Waals surface area contributed by atoms with E-state index in [4.69, 9.17) is 4.74 Å². The highest BCUT2D eigenvalue weighted by atomic mass is 19.1.